The molecule has 1 unspecified atom stereocenters. The lowest BCUT2D eigenvalue weighted by molar-refractivity contribution is 0.136. The number of nitrogens with zero attached hydrogens (tertiary/aromatic N) is 5. The summed E-state index contributed by atoms with van der Waals surface area (Å²) in [7, 11) is 0. The van der Waals surface area contributed by atoms with Crippen molar-refractivity contribution in [1.82, 2.24) is 19.9 Å². The lowest BCUT2D eigenvalue weighted by atomic mass is 10.2. The predicted octanol–water partition coefficient (Wildman–Crippen LogP) is 0.857. The first-order chi connectivity index (χ1) is 9.56. The zero-order chi connectivity index (χ0) is 14.3. The van der Waals surface area contributed by atoms with Gasteiger partial charge in [-0.15, -0.1) is 11.3 Å². The van der Waals surface area contributed by atoms with Gasteiger partial charge < -0.3 is 20.6 Å². The number of carboxylic acid groups (broad SMARTS) is 1. The van der Waals surface area contributed by atoms with Crippen LogP contribution in [0.1, 0.15) is 6.92 Å². The summed E-state index contributed by atoms with van der Waals surface area (Å²) in [4.78, 5) is 27.9. The molecule has 9 heteroatoms. The molecule has 1 fully saturated rings. The van der Waals surface area contributed by atoms with Crippen LogP contribution in [0.2, 0.25) is 0 Å². The highest BCUT2D eigenvalue weighted by Crippen LogP contribution is 2.28. The molecule has 8 nitrogen and oxygen atoms in total. The summed E-state index contributed by atoms with van der Waals surface area (Å²) in [6, 6.07) is 0.0130. The predicted molar refractivity (Wildman–Crippen MR) is 76.0 cm³/mol. The van der Waals surface area contributed by atoms with Crippen molar-refractivity contribution in [1.29, 1.82) is 0 Å². The van der Waals surface area contributed by atoms with Gasteiger partial charge in [0.25, 0.3) is 0 Å². The lowest BCUT2D eigenvalue weighted by Crippen LogP contribution is -2.53. The quantitative estimate of drug-likeness (QED) is 0.802. The summed E-state index contributed by atoms with van der Waals surface area (Å²) in [5, 5.41) is 9.05. The average Bonchev–Trinajstić information content (AvgIpc) is 2.85. The Labute approximate surface area is 118 Å². The summed E-state index contributed by atoms with van der Waals surface area (Å²) >= 11 is 1.41. The molecule has 0 radical (unpaired) electrons. The number of amides is 1. The zero-order valence-corrected chi connectivity index (χ0v) is 11.7. The van der Waals surface area contributed by atoms with E-state index >= 15 is 0 Å². The van der Waals surface area contributed by atoms with Gasteiger partial charge >= 0.3 is 6.09 Å². The molecule has 3 heterocycles. The number of nitrogen functional groups attached to an aromatic ring is 1. The highest BCUT2D eigenvalue weighted by Gasteiger charge is 2.29. The molecule has 1 amide bonds. The number of hydrogen-bond donors (Lipinski definition) is 2. The summed E-state index contributed by atoms with van der Waals surface area (Å²) in [6.07, 6.45) is -0.891. The van der Waals surface area contributed by atoms with Gasteiger partial charge in [0.2, 0.25) is 5.95 Å². The van der Waals surface area contributed by atoms with E-state index in [1.807, 2.05) is 11.8 Å². The number of anilines is 2. The average molecular weight is 294 g/mol. The van der Waals surface area contributed by atoms with Gasteiger partial charge in [-0.25, -0.2) is 14.8 Å². The fourth-order valence-electron chi connectivity index (χ4n) is 2.41. The van der Waals surface area contributed by atoms with Gasteiger partial charge in [0, 0.05) is 25.7 Å². The summed E-state index contributed by atoms with van der Waals surface area (Å²) < 4.78 is 0. The molecule has 106 valence electrons. The Morgan fingerprint density at radius 1 is 1.50 bits per heavy atom. The number of fused-ring (bicyclic) bond motifs is 1. The number of nitrogens with two attached hydrogens (primary N) is 1. The Morgan fingerprint density at radius 3 is 3.00 bits per heavy atom. The van der Waals surface area contributed by atoms with E-state index in [2.05, 4.69) is 15.0 Å². The van der Waals surface area contributed by atoms with E-state index in [1.54, 1.807) is 5.51 Å². The van der Waals surface area contributed by atoms with Crippen molar-refractivity contribution in [3.05, 3.63) is 5.51 Å². The van der Waals surface area contributed by atoms with Crippen LogP contribution >= 0.6 is 11.3 Å². The Kier molecular flexibility index (Phi) is 3.05. The van der Waals surface area contributed by atoms with Crippen LogP contribution in [0.5, 0.6) is 0 Å². The minimum atomic E-state index is -0.891. The molecule has 1 saturated heterocycles. The standard InChI is InChI=1S/C11H14N6O2S/c1-6-4-16(11(18)19)2-3-17(6)8-7-9(20-5-13-7)15-10(12)14-8/h5-6H,2-4H2,1H3,(H,18,19)(H2,12,14,15). The summed E-state index contributed by atoms with van der Waals surface area (Å²) in [6.45, 7) is 3.40. The maximum atomic E-state index is 11.0. The monoisotopic (exact) mass is 294 g/mol. The van der Waals surface area contributed by atoms with E-state index in [1.165, 1.54) is 16.2 Å². The van der Waals surface area contributed by atoms with Crippen LogP contribution in [0, 0.1) is 0 Å². The summed E-state index contributed by atoms with van der Waals surface area (Å²) in [5.74, 6) is 0.899. The van der Waals surface area contributed by atoms with E-state index in [0.717, 1.165) is 10.3 Å². The number of thiazole rings is 1. The minimum absolute atomic E-state index is 0.0130. The van der Waals surface area contributed by atoms with Gasteiger partial charge in [-0.05, 0) is 6.92 Å². The molecule has 0 spiro atoms. The molecule has 0 aromatic carbocycles. The Hall–Kier alpha value is -2.16. The number of rotatable bonds is 1. The van der Waals surface area contributed by atoms with Crippen molar-refractivity contribution in [2.75, 3.05) is 30.3 Å². The van der Waals surface area contributed by atoms with Crippen molar-refractivity contribution >= 4 is 39.5 Å². The maximum absolute atomic E-state index is 11.0. The van der Waals surface area contributed by atoms with Crippen molar-refractivity contribution in [3.63, 3.8) is 0 Å². The molecule has 1 aliphatic heterocycles. The fraction of sp³-hybridized carbons (Fsp3) is 0.455. The van der Waals surface area contributed by atoms with Crippen LogP contribution in [0.25, 0.3) is 10.3 Å². The SMILES string of the molecule is CC1CN(C(=O)O)CCN1c1nc(N)nc2scnc12. The zero-order valence-electron chi connectivity index (χ0n) is 10.9. The molecule has 1 atom stereocenters. The highest BCUT2D eigenvalue weighted by molar-refractivity contribution is 7.16. The van der Waals surface area contributed by atoms with Gasteiger partial charge in [-0.1, -0.05) is 0 Å². The molecule has 2 aromatic rings. The number of aromatic nitrogens is 3. The Balaban J connectivity index is 1.95. The normalized spacial score (nSPS) is 19.6. The van der Waals surface area contributed by atoms with Crippen molar-refractivity contribution in [2.24, 2.45) is 0 Å². The molecule has 0 aliphatic carbocycles. The maximum Gasteiger partial charge on any atom is 0.407 e. The van der Waals surface area contributed by atoms with Crippen molar-refractivity contribution < 1.29 is 9.90 Å². The topological polar surface area (TPSA) is 108 Å². The Bertz CT molecular complexity index is 659. The van der Waals surface area contributed by atoms with Crippen LogP contribution in [-0.2, 0) is 0 Å². The first kappa shape index (κ1) is 12.9. The lowest BCUT2D eigenvalue weighted by Gasteiger charge is -2.39. The smallest absolute Gasteiger partial charge is 0.407 e. The van der Waals surface area contributed by atoms with E-state index in [9.17, 15) is 4.79 Å². The van der Waals surface area contributed by atoms with E-state index in [4.69, 9.17) is 10.8 Å². The third kappa shape index (κ3) is 2.09. The van der Waals surface area contributed by atoms with E-state index in [0.29, 0.717) is 25.5 Å². The number of hydrogen-bond acceptors (Lipinski definition) is 7. The van der Waals surface area contributed by atoms with Crippen LogP contribution in [-0.4, -0.2) is 56.7 Å². The molecule has 1 aliphatic rings. The fourth-order valence-corrected chi connectivity index (χ4v) is 3.07. The van der Waals surface area contributed by atoms with Crippen LogP contribution in [0.4, 0.5) is 16.6 Å². The second kappa shape index (κ2) is 4.75. The van der Waals surface area contributed by atoms with Crippen molar-refractivity contribution in [2.45, 2.75) is 13.0 Å². The van der Waals surface area contributed by atoms with Gasteiger partial charge in [-0.3, -0.25) is 0 Å². The largest absolute Gasteiger partial charge is 0.465 e. The van der Waals surface area contributed by atoms with Gasteiger partial charge in [0.1, 0.15) is 5.52 Å². The van der Waals surface area contributed by atoms with Gasteiger partial charge in [-0.2, -0.15) is 4.98 Å². The molecule has 0 bridgehead atoms. The van der Waals surface area contributed by atoms with Gasteiger partial charge in [0.15, 0.2) is 10.6 Å². The Morgan fingerprint density at radius 2 is 2.30 bits per heavy atom. The number of carbonyl (C=O) groups is 1. The van der Waals surface area contributed by atoms with E-state index in [-0.39, 0.29) is 12.0 Å². The molecule has 2 aromatic heterocycles. The third-order valence-corrected chi connectivity index (χ3v) is 4.09. The van der Waals surface area contributed by atoms with Crippen LogP contribution in [0.3, 0.4) is 0 Å². The molecular weight excluding hydrogens is 280 g/mol. The molecule has 3 rings (SSSR count). The molecule has 0 saturated carbocycles. The molecular formula is C11H14N6O2S. The van der Waals surface area contributed by atoms with Crippen LogP contribution < -0.4 is 10.6 Å². The second-order valence-electron chi connectivity index (χ2n) is 4.68. The summed E-state index contributed by atoms with van der Waals surface area (Å²) in [5.41, 5.74) is 8.17. The second-order valence-corrected chi connectivity index (χ2v) is 5.52. The van der Waals surface area contributed by atoms with Crippen LogP contribution in [0.15, 0.2) is 5.51 Å². The first-order valence-electron chi connectivity index (χ1n) is 6.17. The first-order valence-corrected chi connectivity index (χ1v) is 7.05. The third-order valence-electron chi connectivity index (χ3n) is 3.37. The van der Waals surface area contributed by atoms with Crippen molar-refractivity contribution in [3.8, 4) is 0 Å². The molecule has 3 N–H and O–H groups in total. The number of piperazine rings is 1. The van der Waals surface area contributed by atoms with Gasteiger partial charge in [0.05, 0.1) is 5.51 Å². The highest BCUT2D eigenvalue weighted by atomic mass is 32.1. The van der Waals surface area contributed by atoms with E-state index < -0.39 is 6.09 Å². The molecule has 20 heavy (non-hydrogen) atoms. The minimum Gasteiger partial charge on any atom is -0.465 e.